The molecule has 0 aromatic heterocycles. The van der Waals surface area contributed by atoms with E-state index in [1.54, 1.807) is 25.1 Å². The molecule has 0 heterocycles. The Morgan fingerprint density at radius 1 is 1.04 bits per heavy atom. The first-order valence-corrected chi connectivity index (χ1v) is 8.68. The van der Waals surface area contributed by atoms with Gasteiger partial charge in [-0.05, 0) is 49.8 Å². The van der Waals surface area contributed by atoms with Crippen molar-refractivity contribution >= 4 is 15.9 Å². The fourth-order valence-electron chi connectivity index (χ4n) is 1.84. The Hall–Kier alpha value is -2.51. The molecule has 0 spiro atoms. The van der Waals surface area contributed by atoms with Crippen LogP contribution in [0.4, 0.5) is 0 Å². The molecular weight excluding hydrogens is 308 g/mol. The van der Waals surface area contributed by atoms with Gasteiger partial charge in [-0.25, -0.2) is 8.42 Å². The van der Waals surface area contributed by atoms with Crippen molar-refractivity contribution in [1.29, 1.82) is 0 Å². The van der Waals surface area contributed by atoms with Crippen LogP contribution in [0.3, 0.4) is 0 Å². The largest absolute Gasteiger partial charge is 0.481 e. The van der Waals surface area contributed by atoms with E-state index in [1.165, 1.54) is 17.5 Å². The van der Waals surface area contributed by atoms with Crippen LogP contribution in [0.5, 0.6) is 5.75 Å². The van der Waals surface area contributed by atoms with Gasteiger partial charge in [-0.1, -0.05) is 35.7 Å². The molecule has 118 valence electrons. The molecule has 4 heteroatoms. The minimum absolute atomic E-state index is 0.231. The average Bonchev–Trinajstić information content (AvgIpc) is 2.55. The topological polar surface area (TPSA) is 43.4 Å². The third-order valence-electron chi connectivity index (χ3n) is 3.16. The molecule has 0 bridgehead atoms. The van der Waals surface area contributed by atoms with Gasteiger partial charge in [0.15, 0.2) is 9.84 Å². The Morgan fingerprint density at radius 2 is 1.70 bits per heavy atom. The van der Waals surface area contributed by atoms with Gasteiger partial charge in [0, 0.05) is 5.41 Å². The van der Waals surface area contributed by atoms with Crippen molar-refractivity contribution in [1.82, 2.24) is 0 Å². The summed E-state index contributed by atoms with van der Waals surface area (Å²) < 4.78 is 30.0. The minimum Gasteiger partial charge on any atom is -0.481 e. The molecule has 2 rings (SSSR count). The molecule has 2 aromatic carbocycles. The number of hydrogen-bond donors (Lipinski definition) is 0. The highest BCUT2D eigenvalue weighted by molar-refractivity contribution is 7.94. The maximum absolute atomic E-state index is 12.3. The van der Waals surface area contributed by atoms with Gasteiger partial charge in [0.25, 0.3) is 0 Å². The summed E-state index contributed by atoms with van der Waals surface area (Å²) in [6, 6.07) is 14.0. The van der Waals surface area contributed by atoms with Crippen molar-refractivity contribution in [2.24, 2.45) is 0 Å². The molecule has 0 unspecified atom stereocenters. The lowest BCUT2D eigenvalue weighted by molar-refractivity contribution is 0.370. The van der Waals surface area contributed by atoms with E-state index in [0.717, 1.165) is 11.1 Å². The summed E-state index contributed by atoms with van der Waals surface area (Å²) in [4.78, 5) is 0.231. The average molecular weight is 326 g/mol. The molecule has 0 fully saturated rings. The highest BCUT2D eigenvalue weighted by atomic mass is 32.2. The normalized spacial score (nSPS) is 11.0. The summed E-state index contributed by atoms with van der Waals surface area (Å²) in [5.74, 6) is 6.10. The standard InChI is InChI=1S/C19H18O3S/c1-3-4-14-22-18-9-11-19(12-10-18)23(20,21)15-13-17-7-5-16(2)6-8-17/h5-13,15H,14H2,1-2H3/b15-13+. The molecule has 3 nitrogen and oxygen atoms in total. The van der Waals surface area contributed by atoms with E-state index in [-0.39, 0.29) is 11.5 Å². The summed E-state index contributed by atoms with van der Waals surface area (Å²) in [7, 11) is -3.47. The summed E-state index contributed by atoms with van der Waals surface area (Å²) in [5, 5.41) is 1.22. The number of benzene rings is 2. The second-order valence-corrected chi connectivity index (χ2v) is 6.78. The van der Waals surface area contributed by atoms with E-state index >= 15 is 0 Å². The monoisotopic (exact) mass is 326 g/mol. The smallest absolute Gasteiger partial charge is 0.199 e. The molecule has 0 radical (unpaired) electrons. The predicted octanol–water partition coefficient (Wildman–Crippen LogP) is 3.84. The molecule has 0 aliphatic carbocycles. The van der Waals surface area contributed by atoms with Crippen molar-refractivity contribution in [3.63, 3.8) is 0 Å². The summed E-state index contributed by atoms with van der Waals surface area (Å²) in [6.07, 6.45) is 1.59. The lowest BCUT2D eigenvalue weighted by Crippen LogP contribution is -1.97. The number of aryl methyl sites for hydroxylation is 1. The van der Waals surface area contributed by atoms with Crippen molar-refractivity contribution in [2.75, 3.05) is 6.61 Å². The van der Waals surface area contributed by atoms with Crippen LogP contribution in [0.15, 0.2) is 58.8 Å². The van der Waals surface area contributed by atoms with Gasteiger partial charge in [0.2, 0.25) is 0 Å². The van der Waals surface area contributed by atoms with Crippen molar-refractivity contribution in [2.45, 2.75) is 18.7 Å². The van der Waals surface area contributed by atoms with Gasteiger partial charge >= 0.3 is 0 Å². The highest BCUT2D eigenvalue weighted by Crippen LogP contribution is 2.18. The molecular formula is C19H18O3S. The van der Waals surface area contributed by atoms with Gasteiger partial charge in [0.1, 0.15) is 12.4 Å². The van der Waals surface area contributed by atoms with Crippen LogP contribution >= 0.6 is 0 Å². The fraction of sp³-hybridized carbons (Fsp3) is 0.158. The maximum Gasteiger partial charge on any atom is 0.199 e. The summed E-state index contributed by atoms with van der Waals surface area (Å²) >= 11 is 0. The first kappa shape index (κ1) is 16.9. The van der Waals surface area contributed by atoms with Crippen LogP contribution < -0.4 is 4.74 Å². The minimum atomic E-state index is -3.47. The van der Waals surface area contributed by atoms with Gasteiger partial charge in [-0.2, -0.15) is 0 Å². The summed E-state index contributed by atoms with van der Waals surface area (Å²) in [5.41, 5.74) is 1.98. The fourth-order valence-corrected chi connectivity index (χ4v) is 2.85. The Kier molecular flexibility index (Phi) is 5.61. The number of ether oxygens (including phenoxy) is 1. The molecule has 0 amide bonds. The number of hydrogen-bond acceptors (Lipinski definition) is 3. The van der Waals surface area contributed by atoms with E-state index < -0.39 is 9.84 Å². The van der Waals surface area contributed by atoms with Crippen LogP contribution in [0.2, 0.25) is 0 Å². The summed E-state index contributed by atoms with van der Waals surface area (Å²) in [6.45, 7) is 4.01. The predicted molar refractivity (Wildman–Crippen MR) is 92.8 cm³/mol. The zero-order valence-corrected chi connectivity index (χ0v) is 13.9. The van der Waals surface area contributed by atoms with Gasteiger partial charge in [0.05, 0.1) is 4.90 Å². The first-order valence-electron chi connectivity index (χ1n) is 7.13. The van der Waals surface area contributed by atoms with E-state index in [0.29, 0.717) is 5.75 Å². The Labute approximate surface area is 137 Å². The molecule has 0 saturated heterocycles. The second-order valence-electron chi connectivity index (χ2n) is 4.95. The third kappa shape index (κ3) is 5.01. The lowest BCUT2D eigenvalue weighted by Gasteiger charge is -2.03. The quantitative estimate of drug-likeness (QED) is 0.784. The van der Waals surface area contributed by atoms with Crippen molar-refractivity contribution in [3.8, 4) is 17.6 Å². The van der Waals surface area contributed by atoms with E-state index in [1.807, 2.05) is 31.2 Å². The van der Waals surface area contributed by atoms with Gasteiger partial charge in [-0.15, -0.1) is 5.92 Å². The Bertz CT molecular complexity index is 834. The maximum atomic E-state index is 12.3. The molecule has 2 aromatic rings. The second kappa shape index (κ2) is 7.66. The molecule has 23 heavy (non-hydrogen) atoms. The zero-order chi connectivity index (χ0) is 16.7. The van der Waals surface area contributed by atoms with Crippen LogP contribution in [-0.4, -0.2) is 15.0 Å². The van der Waals surface area contributed by atoms with Crippen molar-refractivity contribution < 1.29 is 13.2 Å². The first-order chi connectivity index (χ1) is 11.0. The van der Waals surface area contributed by atoms with Crippen LogP contribution in [0.1, 0.15) is 18.1 Å². The number of sulfone groups is 1. The SMILES string of the molecule is CC#CCOc1ccc(S(=O)(=O)/C=C/c2ccc(C)cc2)cc1. The van der Waals surface area contributed by atoms with Gasteiger partial charge in [-0.3, -0.25) is 0 Å². The number of rotatable bonds is 5. The van der Waals surface area contributed by atoms with E-state index in [2.05, 4.69) is 11.8 Å². The van der Waals surface area contributed by atoms with Crippen LogP contribution in [0, 0.1) is 18.8 Å². The van der Waals surface area contributed by atoms with Gasteiger partial charge < -0.3 is 4.74 Å². The molecule has 0 N–H and O–H groups in total. The van der Waals surface area contributed by atoms with Crippen molar-refractivity contribution in [3.05, 3.63) is 65.1 Å². The van der Waals surface area contributed by atoms with Crippen LogP contribution in [0.25, 0.3) is 6.08 Å². The molecule has 0 saturated carbocycles. The Morgan fingerprint density at radius 3 is 2.30 bits per heavy atom. The van der Waals surface area contributed by atoms with E-state index in [9.17, 15) is 8.42 Å². The third-order valence-corrected chi connectivity index (χ3v) is 4.58. The van der Waals surface area contributed by atoms with Crippen LogP contribution in [-0.2, 0) is 9.84 Å². The molecule has 0 aliphatic rings. The Balaban J connectivity index is 2.12. The molecule has 0 atom stereocenters. The zero-order valence-electron chi connectivity index (χ0n) is 13.1. The molecule has 0 aliphatic heterocycles. The highest BCUT2D eigenvalue weighted by Gasteiger charge is 2.10. The lowest BCUT2D eigenvalue weighted by atomic mass is 10.2. The van der Waals surface area contributed by atoms with E-state index in [4.69, 9.17) is 4.74 Å².